The fraction of sp³-hybridized carbons (Fsp3) is 0.769. The number of rotatable bonds is 2. The van der Waals surface area contributed by atoms with E-state index in [9.17, 15) is 10.1 Å². The summed E-state index contributed by atoms with van der Waals surface area (Å²) in [5.41, 5.74) is 0.934. The molecule has 5 rings (SSSR count). The first-order chi connectivity index (χ1) is 16.1. The molecule has 184 valence electrons. The summed E-state index contributed by atoms with van der Waals surface area (Å²) in [6.07, 6.45) is 8.05. The van der Waals surface area contributed by atoms with E-state index in [1.807, 2.05) is 25.7 Å². The van der Waals surface area contributed by atoms with Crippen LogP contribution in [-0.4, -0.2) is 64.3 Å². The first kappa shape index (κ1) is 23.2. The largest absolute Gasteiger partial charge is 0.444 e. The summed E-state index contributed by atoms with van der Waals surface area (Å²) in [4.78, 5) is 29.3. The molecule has 3 heterocycles. The second kappa shape index (κ2) is 8.28. The Hall–Kier alpha value is -2.56. The second-order valence-electron chi connectivity index (χ2n) is 11.9. The van der Waals surface area contributed by atoms with Crippen molar-refractivity contribution in [2.75, 3.05) is 29.4 Å². The zero-order chi connectivity index (χ0) is 24.3. The van der Waals surface area contributed by atoms with Crippen LogP contribution < -0.4 is 9.80 Å². The van der Waals surface area contributed by atoms with Gasteiger partial charge in [-0.3, -0.25) is 0 Å². The Bertz CT molecular complexity index is 994. The van der Waals surface area contributed by atoms with E-state index in [2.05, 4.69) is 29.7 Å². The Kier molecular flexibility index (Phi) is 5.65. The quantitative estimate of drug-likeness (QED) is 0.644. The van der Waals surface area contributed by atoms with Gasteiger partial charge < -0.3 is 19.4 Å². The summed E-state index contributed by atoms with van der Waals surface area (Å²) >= 11 is 0. The van der Waals surface area contributed by atoms with Crippen LogP contribution in [0.2, 0.25) is 0 Å². The van der Waals surface area contributed by atoms with Crippen molar-refractivity contribution in [3.8, 4) is 6.07 Å². The molecule has 1 aromatic heterocycles. The van der Waals surface area contributed by atoms with Crippen LogP contribution in [0.25, 0.3) is 0 Å². The van der Waals surface area contributed by atoms with Crippen molar-refractivity contribution in [1.29, 1.82) is 5.26 Å². The van der Waals surface area contributed by atoms with E-state index < -0.39 is 5.60 Å². The summed E-state index contributed by atoms with van der Waals surface area (Å²) in [6.45, 7) is 12.3. The molecule has 2 aliphatic heterocycles. The molecule has 2 aliphatic carbocycles. The highest BCUT2D eigenvalue weighted by atomic mass is 16.6. The van der Waals surface area contributed by atoms with Crippen LogP contribution in [0.3, 0.4) is 0 Å². The van der Waals surface area contributed by atoms with Crippen molar-refractivity contribution in [2.45, 2.75) is 102 Å². The third-order valence-electron chi connectivity index (χ3n) is 8.31. The number of hydrogen-bond acceptors (Lipinski definition) is 7. The number of carbonyl (C=O) groups excluding carboxylic acids is 1. The van der Waals surface area contributed by atoms with Crippen molar-refractivity contribution < 1.29 is 9.53 Å². The summed E-state index contributed by atoms with van der Waals surface area (Å²) in [5, 5.41) is 9.44. The summed E-state index contributed by atoms with van der Waals surface area (Å²) in [6, 6.07) is 3.03. The molecule has 34 heavy (non-hydrogen) atoms. The van der Waals surface area contributed by atoms with Gasteiger partial charge in [0.25, 0.3) is 0 Å². The molecule has 1 spiro atoms. The van der Waals surface area contributed by atoms with E-state index in [1.54, 1.807) is 6.33 Å². The molecule has 1 aromatic rings. The molecule has 0 N–H and O–H groups in total. The lowest BCUT2D eigenvalue weighted by atomic mass is 9.66. The highest BCUT2D eigenvalue weighted by molar-refractivity contribution is 5.72. The number of piperazine rings is 1. The van der Waals surface area contributed by atoms with Crippen LogP contribution in [0.5, 0.6) is 0 Å². The van der Waals surface area contributed by atoms with Gasteiger partial charge in [0.2, 0.25) is 0 Å². The number of carbonyl (C=O) groups is 1. The Morgan fingerprint density at radius 3 is 2.41 bits per heavy atom. The van der Waals surface area contributed by atoms with Gasteiger partial charge in [0.15, 0.2) is 0 Å². The fourth-order valence-electron chi connectivity index (χ4n) is 6.43. The van der Waals surface area contributed by atoms with Gasteiger partial charge >= 0.3 is 6.09 Å². The molecule has 0 aromatic carbocycles. The highest BCUT2D eigenvalue weighted by Gasteiger charge is 2.53. The number of aromatic nitrogens is 2. The predicted octanol–water partition coefficient (Wildman–Crippen LogP) is 4.24. The minimum atomic E-state index is -0.504. The van der Waals surface area contributed by atoms with Crippen LogP contribution in [0.4, 0.5) is 16.4 Å². The number of nitrogens with zero attached hydrogens (tertiary/aromatic N) is 6. The monoisotopic (exact) mass is 466 g/mol. The maximum atomic E-state index is 12.8. The Balaban J connectivity index is 1.43. The van der Waals surface area contributed by atoms with Crippen LogP contribution in [0, 0.1) is 17.2 Å². The summed E-state index contributed by atoms with van der Waals surface area (Å²) in [7, 11) is 0. The third-order valence-corrected chi connectivity index (χ3v) is 8.31. The Morgan fingerprint density at radius 1 is 1.12 bits per heavy atom. The summed E-state index contributed by atoms with van der Waals surface area (Å²) < 4.78 is 5.67. The molecule has 0 radical (unpaired) electrons. The van der Waals surface area contributed by atoms with Gasteiger partial charge in [-0.25, -0.2) is 14.8 Å². The standard InChI is InChI=1S/C26H38N6O2/c1-17-14-31(24(33)34-25(3,4)5)18(2)13-30(17)22-21-23(29-16-28-22)32(15-26(21)9-6-10-26)20-8-7-19(11-20)12-27/h16-20H,6-11,13-15H2,1-5H3/t17-,18+,19?,20?/m0/s1. The van der Waals surface area contributed by atoms with Crippen LogP contribution in [0.15, 0.2) is 6.33 Å². The molecular weight excluding hydrogens is 428 g/mol. The smallest absolute Gasteiger partial charge is 0.410 e. The average molecular weight is 467 g/mol. The molecular formula is C26H38N6O2. The number of hydrogen-bond donors (Lipinski definition) is 0. The topological polar surface area (TPSA) is 85.6 Å². The van der Waals surface area contributed by atoms with E-state index >= 15 is 0 Å². The van der Waals surface area contributed by atoms with E-state index in [-0.39, 0.29) is 29.5 Å². The molecule has 8 heteroatoms. The zero-order valence-electron chi connectivity index (χ0n) is 21.3. The predicted molar refractivity (Wildman–Crippen MR) is 131 cm³/mol. The van der Waals surface area contributed by atoms with Crippen molar-refractivity contribution in [3.05, 3.63) is 11.9 Å². The molecule has 3 fully saturated rings. The van der Waals surface area contributed by atoms with Gasteiger partial charge in [0.05, 0.1) is 6.07 Å². The van der Waals surface area contributed by atoms with Crippen LogP contribution >= 0.6 is 0 Å². The molecule has 4 atom stereocenters. The normalized spacial score (nSPS) is 30.2. The first-order valence-corrected chi connectivity index (χ1v) is 12.9. The molecule has 4 aliphatic rings. The Morgan fingerprint density at radius 2 is 1.82 bits per heavy atom. The fourth-order valence-corrected chi connectivity index (χ4v) is 6.43. The van der Waals surface area contributed by atoms with Gasteiger partial charge in [-0.1, -0.05) is 6.42 Å². The lowest BCUT2D eigenvalue weighted by molar-refractivity contribution is 0.0129. The molecule has 1 amide bonds. The van der Waals surface area contributed by atoms with Crippen molar-refractivity contribution >= 4 is 17.7 Å². The van der Waals surface area contributed by atoms with E-state index in [1.165, 1.54) is 24.8 Å². The van der Waals surface area contributed by atoms with Gasteiger partial charge in [-0.05, 0) is 66.7 Å². The van der Waals surface area contributed by atoms with E-state index in [4.69, 9.17) is 14.7 Å². The van der Waals surface area contributed by atoms with Gasteiger partial charge in [-0.15, -0.1) is 0 Å². The van der Waals surface area contributed by atoms with E-state index in [0.717, 1.165) is 44.0 Å². The third kappa shape index (κ3) is 3.87. The number of amides is 1. The van der Waals surface area contributed by atoms with Crippen LogP contribution in [-0.2, 0) is 10.2 Å². The molecule has 0 bridgehead atoms. The molecule has 2 unspecified atom stereocenters. The maximum absolute atomic E-state index is 12.8. The van der Waals surface area contributed by atoms with Gasteiger partial charge in [0, 0.05) is 54.7 Å². The number of fused-ring (bicyclic) bond motifs is 2. The number of nitriles is 1. The average Bonchev–Trinajstić information content (AvgIpc) is 3.36. The van der Waals surface area contributed by atoms with Crippen molar-refractivity contribution in [1.82, 2.24) is 14.9 Å². The lowest BCUT2D eigenvalue weighted by Gasteiger charge is -2.46. The SMILES string of the molecule is C[C@@H]1CN(c2ncnc3c2C2(CCC2)CN3C2CCC(C#N)C2)[C@@H](C)CN1C(=O)OC(C)(C)C. The van der Waals surface area contributed by atoms with Gasteiger partial charge in [-0.2, -0.15) is 5.26 Å². The maximum Gasteiger partial charge on any atom is 0.410 e. The first-order valence-electron chi connectivity index (χ1n) is 12.9. The molecule has 1 saturated heterocycles. The molecule has 2 saturated carbocycles. The minimum Gasteiger partial charge on any atom is -0.444 e. The van der Waals surface area contributed by atoms with Crippen molar-refractivity contribution in [2.24, 2.45) is 5.92 Å². The Labute approximate surface area is 203 Å². The lowest BCUT2D eigenvalue weighted by Crippen LogP contribution is -2.59. The summed E-state index contributed by atoms with van der Waals surface area (Å²) in [5.74, 6) is 2.29. The van der Waals surface area contributed by atoms with Crippen LogP contribution in [0.1, 0.15) is 78.7 Å². The van der Waals surface area contributed by atoms with Gasteiger partial charge in [0.1, 0.15) is 23.6 Å². The highest BCUT2D eigenvalue weighted by Crippen LogP contribution is 2.56. The van der Waals surface area contributed by atoms with E-state index in [0.29, 0.717) is 12.6 Å². The minimum absolute atomic E-state index is 0.0257. The van der Waals surface area contributed by atoms with Crippen molar-refractivity contribution in [3.63, 3.8) is 0 Å². The number of anilines is 2. The second-order valence-corrected chi connectivity index (χ2v) is 11.9. The molecule has 8 nitrogen and oxygen atoms in total. The number of ether oxygens (including phenoxy) is 1. The zero-order valence-corrected chi connectivity index (χ0v) is 21.3.